The topological polar surface area (TPSA) is 43.2 Å². The fraction of sp³-hybridized carbons (Fsp3) is 0.360. The number of aryl methyl sites for hydroxylation is 1. The molecule has 0 saturated heterocycles. The summed E-state index contributed by atoms with van der Waals surface area (Å²) in [6.45, 7) is 10.9. The molecule has 0 saturated carbocycles. The zero-order valence-corrected chi connectivity index (χ0v) is 17.5. The van der Waals surface area contributed by atoms with Crippen molar-refractivity contribution in [1.82, 2.24) is 0 Å². The van der Waals surface area contributed by atoms with Crippen molar-refractivity contribution < 1.29 is 9.47 Å². The van der Waals surface area contributed by atoms with Crippen molar-refractivity contribution >= 4 is 11.4 Å². The summed E-state index contributed by atoms with van der Waals surface area (Å²) in [5.41, 5.74) is 2.65. The fourth-order valence-corrected chi connectivity index (χ4v) is 2.70. The summed E-state index contributed by atoms with van der Waals surface area (Å²) in [4.78, 5) is 0. The molecule has 0 spiro atoms. The molecular formula is C25H32N2O2. The van der Waals surface area contributed by atoms with Crippen LogP contribution in [0.5, 0.6) is 11.5 Å². The SMILES string of the molecule is C=CCCCCOc1ccc(N=Nc2cc(C)ccc2OCCCCC=C)cc1. The molecular weight excluding hydrogens is 360 g/mol. The van der Waals surface area contributed by atoms with Gasteiger partial charge in [0.15, 0.2) is 0 Å². The highest BCUT2D eigenvalue weighted by molar-refractivity contribution is 5.53. The maximum atomic E-state index is 5.90. The van der Waals surface area contributed by atoms with Gasteiger partial charge in [-0.05, 0) is 87.4 Å². The second-order valence-electron chi connectivity index (χ2n) is 6.93. The molecule has 0 bridgehead atoms. The Bertz CT molecular complexity index is 782. The van der Waals surface area contributed by atoms with E-state index in [0.717, 1.165) is 67.0 Å². The van der Waals surface area contributed by atoms with Crippen LogP contribution in [-0.2, 0) is 0 Å². The van der Waals surface area contributed by atoms with Gasteiger partial charge >= 0.3 is 0 Å². The predicted molar refractivity (Wildman–Crippen MR) is 121 cm³/mol. The van der Waals surface area contributed by atoms with Crippen LogP contribution in [0.3, 0.4) is 0 Å². The molecule has 0 aliphatic rings. The summed E-state index contributed by atoms with van der Waals surface area (Å²) in [5.74, 6) is 1.61. The first-order chi connectivity index (χ1) is 14.2. The molecule has 0 N–H and O–H groups in total. The molecule has 29 heavy (non-hydrogen) atoms. The molecule has 0 unspecified atom stereocenters. The number of benzene rings is 2. The van der Waals surface area contributed by atoms with Gasteiger partial charge in [-0.3, -0.25) is 0 Å². The summed E-state index contributed by atoms with van der Waals surface area (Å²) >= 11 is 0. The molecule has 4 nitrogen and oxygen atoms in total. The lowest BCUT2D eigenvalue weighted by atomic mass is 10.2. The molecule has 0 aromatic heterocycles. The van der Waals surface area contributed by atoms with Crippen LogP contribution in [0.15, 0.2) is 78.0 Å². The van der Waals surface area contributed by atoms with Crippen LogP contribution in [0.4, 0.5) is 11.4 Å². The van der Waals surface area contributed by atoms with Gasteiger partial charge in [0.1, 0.15) is 17.2 Å². The van der Waals surface area contributed by atoms with Crippen molar-refractivity contribution in [1.29, 1.82) is 0 Å². The number of hydrogen-bond donors (Lipinski definition) is 0. The first-order valence-electron chi connectivity index (χ1n) is 10.3. The van der Waals surface area contributed by atoms with E-state index in [1.54, 1.807) is 0 Å². The number of rotatable bonds is 14. The van der Waals surface area contributed by atoms with Crippen LogP contribution in [-0.4, -0.2) is 13.2 Å². The molecule has 0 aliphatic carbocycles. The molecule has 0 fully saturated rings. The van der Waals surface area contributed by atoms with E-state index in [1.165, 1.54) is 0 Å². The summed E-state index contributed by atoms with van der Waals surface area (Å²) in [7, 11) is 0. The van der Waals surface area contributed by atoms with Gasteiger partial charge in [0.05, 0.1) is 18.9 Å². The van der Waals surface area contributed by atoms with Gasteiger partial charge in [-0.1, -0.05) is 18.2 Å². The summed E-state index contributed by atoms with van der Waals surface area (Å²) in [5, 5.41) is 8.77. The van der Waals surface area contributed by atoms with Gasteiger partial charge in [0, 0.05) is 0 Å². The van der Waals surface area contributed by atoms with Gasteiger partial charge < -0.3 is 9.47 Å². The number of azo groups is 1. The van der Waals surface area contributed by atoms with Crippen LogP contribution < -0.4 is 9.47 Å². The number of nitrogens with zero attached hydrogens (tertiary/aromatic N) is 2. The maximum absolute atomic E-state index is 5.90. The van der Waals surface area contributed by atoms with Crippen molar-refractivity contribution in [2.75, 3.05) is 13.2 Å². The molecule has 4 heteroatoms. The van der Waals surface area contributed by atoms with Crippen molar-refractivity contribution in [3.63, 3.8) is 0 Å². The Morgan fingerprint density at radius 3 is 2.10 bits per heavy atom. The molecule has 0 atom stereocenters. The van der Waals surface area contributed by atoms with E-state index in [-0.39, 0.29) is 0 Å². The third kappa shape index (κ3) is 8.77. The fourth-order valence-electron chi connectivity index (χ4n) is 2.70. The smallest absolute Gasteiger partial charge is 0.146 e. The third-order valence-electron chi connectivity index (χ3n) is 4.36. The van der Waals surface area contributed by atoms with Crippen molar-refractivity contribution in [2.45, 2.75) is 45.4 Å². The minimum atomic E-state index is 0.665. The van der Waals surface area contributed by atoms with E-state index in [1.807, 2.05) is 61.5 Å². The van der Waals surface area contributed by atoms with Gasteiger partial charge in [-0.25, -0.2) is 0 Å². The second-order valence-corrected chi connectivity index (χ2v) is 6.93. The van der Waals surface area contributed by atoms with Gasteiger partial charge in [-0.15, -0.1) is 18.3 Å². The number of hydrogen-bond acceptors (Lipinski definition) is 4. The standard InChI is InChI=1S/C25H32N2O2/c1-4-6-8-10-18-28-23-15-13-22(14-16-23)26-27-24-20-21(3)12-17-25(24)29-19-11-9-7-5-2/h4-5,12-17,20H,1-2,6-11,18-19H2,3H3. The van der Waals surface area contributed by atoms with Crippen molar-refractivity contribution in [3.05, 3.63) is 73.3 Å². The number of allylic oxidation sites excluding steroid dienone is 2. The average Bonchev–Trinajstić information content (AvgIpc) is 2.74. The number of ether oxygens (including phenoxy) is 2. The zero-order valence-electron chi connectivity index (χ0n) is 17.5. The van der Waals surface area contributed by atoms with Gasteiger partial charge in [0.25, 0.3) is 0 Å². The lowest BCUT2D eigenvalue weighted by Crippen LogP contribution is -1.97. The highest BCUT2D eigenvalue weighted by Crippen LogP contribution is 2.31. The third-order valence-corrected chi connectivity index (χ3v) is 4.36. The Hall–Kier alpha value is -2.88. The molecule has 0 heterocycles. The van der Waals surface area contributed by atoms with Gasteiger partial charge in [-0.2, -0.15) is 5.11 Å². The zero-order chi connectivity index (χ0) is 20.7. The number of unbranched alkanes of at least 4 members (excludes halogenated alkanes) is 4. The first kappa shape index (κ1) is 22.4. The Kier molecular flexibility index (Phi) is 10.3. The maximum Gasteiger partial charge on any atom is 0.146 e. The van der Waals surface area contributed by atoms with E-state index in [2.05, 4.69) is 23.4 Å². The van der Waals surface area contributed by atoms with Crippen molar-refractivity contribution in [2.24, 2.45) is 10.2 Å². The van der Waals surface area contributed by atoms with Crippen LogP contribution in [0.25, 0.3) is 0 Å². The van der Waals surface area contributed by atoms with E-state index >= 15 is 0 Å². The highest BCUT2D eigenvalue weighted by Gasteiger charge is 2.04. The Morgan fingerprint density at radius 2 is 1.45 bits per heavy atom. The summed E-state index contributed by atoms with van der Waals surface area (Å²) in [6, 6.07) is 13.6. The normalized spacial score (nSPS) is 10.8. The predicted octanol–water partition coefficient (Wildman–Crippen LogP) is 7.88. The molecule has 0 radical (unpaired) electrons. The molecule has 2 aromatic rings. The molecule has 2 aromatic carbocycles. The minimum absolute atomic E-state index is 0.665. The monoisotopic (exact) mass is 392 g/mol. The quantitative estimate of drug-likeness (QED) is 0.186. The molecule has 0 aliphatic heterocycles. The lowest BCUT2D eigenvalue weighted by molar-refractivity contribution is 0.307. The Labute approximate surface area is 175 Å². The van der Waals surface area contributed by atoms with Crippen LogP contribution in [0.1, 0.15) is 44.1 Å². The highest BCUT2D eigenvalue weighted by atomic mass is 16.5. The summed E-state index contributed by atoms with van der Waals surface area (Å²) < 4.78 is 11.6. The van der Waals surface area contributed by atoms with Crippen LogP contribution >= 0.6 is 0 Å². The second kappa shape index (κ2) is 13.3. The van der Waals surface area contributed by atoms with E-state index in [9.17, 15) is 0 Å². The summed E-state index contributed by atoms with van der Waals surface area (Å²) in [6.07, 6.45) is 10.1. The average molecular weight is 393 g/mol. The first-order valence-corrected chi connectivity index (χ1v) is 10.3. The Balaban J connectivity index is 1.91. The van der Waals surface area contributed by atoms with E-state index in [4.69, 9.17) is 9.47 Å². The molecule has 154 valence electrons. The van der Waals surface area contributed by atoms with Gasteiger partial charge in [0.2, 0.25) is 0 Å². The molecule has 2 rings (SSSR count). The van der Waals surface area contributed by atoms with Crippen LogP contribution in [0.2, 0.25) is 0 Å². The van der Waals surface area contributed by atoms with Crippen LogP contribution in [0, 0.1) is 6.92 Å². The van der Waals surface area contributed by atoms with E-state index in [0.29, 0.717) is 13.2 Å². The minimum Gasteiger partial charge on any atom is -0.494 e. The Morgan fingerprint density at radius 1 is 0.793 bits per heavy atom. The van der Waals surface area contributed by atoms with Crippen molar-refractivity contribution in [3.8, 4) is 11.5 Å². The van der Waals surface area contributed by atoms with E-state index < -0.39 is 0 Å². The molecule has 0 amide bonds. The largest absolute Gasteiger partial charge is 0.494 e. The lowest BCUT2D eigenvalue weighted by Gasteiger charge is -2.09.